The molecule has 0 aromatic heterocycles. The summed E-state index contributed by atoms with van der Waals surface area (Å²) in [7, 11) is 1.48. The van der Waals surface area contributed by atoms with Crippen molar-refractivity contribution in [2.24, 2.45) is 0 Å². The maximum atomic E-state index is 12.9. The summed E-state index contributed by atoms with van der Waals surface area (Å²) in [5.41, 5.74) is 0. The molecule has 0 fully saturated rings. The van der Waals surface area contributed by atoms with Crippen molar-refractivity contribution in [1.29, 1.82) is 0 Å². The number of quaternary nitrogens is 1. The number of allylic oxidation sites excluding steroid dienone is 18. The number of carbonyl (C=O) groups is 2. The number of esters is 2. The van der Waals surface area contributed by atoms with Gasteiger partial charge in [0.05, 0.1) is 27.7 Å². The number of nitrogens with zero attached hydrogens (tertiary/aromatic N) is 1. The van der Waals surface area contributed by atoms with Gasteiger partial charge in [-0.15, -0.1) is 0 Å². The Labute approximate surface area is 550 Å². The second-order valence-electron chi connectivity index (χ2n) is 26.0. The lowest BCUT2D eigenvalue weighted by molar-refractivity contribution is -0.870. The van der Waals surface area contributed by atoms with E-state index in [-0.39, 0.29) is 25.6 Å². The zero-order valence-corrected chi connectivity index (χ0v) is 59.5. The normalized spacial score (nSPS) is 13.7. The fraction of sp³-hybridized carbons (Fsp3) is 0.747. The van der Waals surface area contributed by atoms with Gasteiger partial charge in [-0.2, -0.15) is 0 Å². The van der Waals surface area contributed by atoms with Crippen LogP contribution in [0.15, 0.2) is 109 Å². The summed E-state index contributed by atoms with van der Waals surface area (Å²) in [4.78, 5) is 35.9. The molecule has 0 aliphatic heterocycles. The number of hydrogen-bond acceptors (Lipinski definition) is 7. The zero-order chi connectivity index (χ0) is 64.8. The molecule has 1 N–H and O–H groups in total. The second kappa shape index (κ2) is 69.0. The zero-order valence-electron chi connectivity index (χ0n) is 58.6. The Morgan fingerprint density at radius 1 is 0.360 bits per heavy atom. The summed E-state index contributed by atoms with van der Waals surface area (Å²) in [6.45, 7) is 4.36. The highest BCUT2D eigenvalue weighted by Gasteiger charge is 2.27. The van der Waals surface area contributed by atoms with Crippen molar-refractivity contribution in [3.63, 3.8) is 0 Å². The lowest BCUT2D eigenvalue weighted by Gasteiger charge is -2.24. The number of carbonyl (C=O) groups excluding carboxylic acids is 2. The van der Waals surface area contributed by atoms with Gasteiger partial charge in [-0.25, -0.2) is 4.57 Å². The molecule has 0 aromatic carbocycles. The van der Waals surface area contributed by atoms with Gasteiger partial charge in [-0.1, -0.05) is 342 Å². The smallest absolute Gasteiger partial charge is 0.462 e. The fourth-order valence-electron chi connectivity index (χ4n) is 10.4. The third-order valence-corrected chi connectivity index (χ3v) is 17.1. The molecule has 89 heavy (non-hydrogen) atoms. The Morgan fingerprint density at radius 2 is 0.640 bits per heavy atom. The molecule has 0 aromatic rings. The topological polar surface area (TPSA) is 108 Å². The molecule has 10 heteroatoms. The first-order valence-electron chi connectivity index (χ1n) is 37.1. The molecule has 0 saturated heterocycles. The maximum absolute atomic E-state index is 12.9. The molecule has 0 heterocycles. The molecular formula is C79H141NO8P+. The van der Waals surface area contributed by atoms with E-state index in [0.717, 1.165) is 96.3 Å². The molecule has 0 rings (SSSR count). The number of ether oxygens (including phenoxy) is 2. The number of likely N-dealkylation sites (N-methyl/N-ethyl adjacent to an activating group) is 1. The molecule has 0 saturated carbocycles. The highest BCUT2D eigenvalue weighted by atomic mass is 31.2. The van der Waals surface area contributed by atoms with Gasteiger partial charge in [0.2, 0.25) is 0 Å². The quantitative estimate of drug-likeness (QED) is 0.0211. The summed E-state index contributed by atoms with van der Waals surface area (Å²) in [5, 5.41) is 0. The highest BCUT2D eigenvalue weighted by molar-refractivity contribution is 7.47. The molecule has 0 radical (unpaired) electrons. The summed E-state index contributed by atoms with van der Waals surface area (Å²) in [6.07, 6.45) is 97.7. The molecule has 2 atom stereocenters. The fourth-order valence-corrected chi connectivity index (χ4v) is 11.2. The minimum Gasteiger partial charge on any atom is -0.462 e. The van der Waals surface area contributed by atoms with Crippen molar-refractivity contribution in [2.45, 2.75) is 335 Å². The van der Waals surface area contributed by atoms with Crippen molar-refractivity contribution in [2.75, 3.05) is 47.5 Å². The molecule has 0 spiro atoms. The van der Waals surface area contributed by atoms with Crippen LogP contribution in [0.25, 0.3) is 0 Å². The Bertz CT molecular complexity index is 1870. The monoisotopic (exact) mass is 1260 g/mol. The Kier molecular flexibility index (Phi) is 66.4. The van der Waals surface area contributed by atoms with Crippen LogP contribution in [0.2, 0.25) is 0 Å². The van der Waals surface area contributed by atoms with E-state index < -0.39 is 26.5 Å². The highest BCUT2D eigenvalue weighted by Crippen LogP contribution is 2.43. The first-order chi connectivity index (χ1) is 43.5. The lowest BCUT2D eigenvalue weighted by Crippen LogP contribution is -2.37. The third kappa shape index (κ3) is 73.6. The van der Waals surface area contributed by atoms with E-state index >= 15 is 0 Å². The van der Waals surface area contributed by atoms with Crippen LogP contribution in [0.1, 0.15) is 328 Å². The van der Waals surface area contributed by atoms with Gasteiger partial charge in [-0.3, -0.25) is 18.6 Å². The Hall–Kier alpha value is -3.33. The van der Waals surface area contributed by atoms with Crippen molar-refractivity contribution in [3.05, 3.63) is 109 Å². The predicted octanol–water partition coefficient (Wildman–Crippen LogP) is 24.4. The van der Waals surface area contributed by atoms with Crippen LogP contribution in [0.3, 0.4) is 0 Å². The predicted molar refractivity (Wildman–Crippen MR) is 385 cm³/mol. The van der Waals surface area contributed by atoms with Crippen LogP contribution < -0.4 is 0 Å². The van der Waals surface area contributed by atoms with Crippen LogP contribution in [0.5, 0.6) is 0 Å². The molecule has 2 unspecified atom stereocenters. The number of phosphoric ester groups is 1. The van der Waals surface area contributed by atoms with Crippen LogP contribution >= 0.6 is 7.82 Å². The Balaban J connectivity index is 4.02. The lowest BCUT2D eigenvalue weighted by atomic mass is 10.0. The number of phosphoric acid groups is 1. The first kappa shape index (κ1) is 85.7. The molecule has 0 aliphatic rings. The molecule has 0 amide bonds. The molecule has 514 valence electrons. The van der Waals surface area contributed by atoms with Crippen molar-refractivity contribution in [3.8, 4) is 0 Å². The summed E-state index contributed by atoms with van der Waals surface area (Å²) in [5.74, 6) is -0.787. The van der Waals surface area contributed by atoms with Gasteiger partial charge in [0.1, 0.15) is 19.8 Å². The molecule has 0 aliphatic carbocycles. The molecule has 9 nitrogen and oxygen atoms in total. The number of unbranched alkanes of at least 4 members (excludes halogenated alkanes) is 36. The van der Waals surface area contributed by atoms with Crippen LogP contribution in [0, 0.1) is 0 Å². The first-order valence-corrected chi connectivity index (χ1v) is 38.6. The van der Waals surface area contributed by atoms with E-state index in [1.54, 1.807) is 0 Å². The van der Waals surface area contributed by atoms with E-state index in [4.69, 9.17) is 18.5 Å². The minimum absolute atomic E-state index is 0.0300. The average Bonchev–Trinajstić information content (AvgIpc) is 3.60. The van der Waals surface area contributed by atoms with Crippen molar-refractivity contribution in [1.82, 2.24) is 0 Å². The SMILES string of the molecule is CC/C=C\C/C=C\C/C=C\C/C=C\C/C=C\C/C=C\C/C=C\C/C=C\C/C=C\CCCCCCCCCCCCCCCC(=O)OC(COC(=O)CCCCCCCCCCCCCCCCCCCCCCCCCC)COP(=O)(O)OCC[N+](C)(C)C. The van der Waals surface area contributed by atoms with Gasteiger partial charge in [0.15, 0.2) is 6.10 Å². The van der Waals surface area contributed by atoms with E-state index in [0.29, 0.717) is 23.9 Å². The van der Waals surface area contributed by atoms with Crippen LogP contribution in [-0.4, -0.2) is 74.9 Å². The van der Waals surface area contributed by atoms with Crippen LogP contribution in [0.4, 0.5) is 0 Å². The molecule has 0 bridgehead atoms. The number of hydrogen-bond donors (Lipinski definition) is 1. The summed E-state index contributed by atoms with van der Waals surface area (Å²) >= 11 is 0. The minimum atomic E-state index is -4.40. The third-order valence-electron chi connectivity index (χ3n) is 16.1. The second-order valence-corrected chi connectivity index (χ2v) is 27.4. The summed E-state index contributed by atoms with van der Waals surface area (Å²) < 4.78 is 34.8. The van der Waals surface area contributed by atoms with E-state index in [9.17, 15) is 19.0 Å². The van der Waals surface area contributed by atoms with Crippen molar-refractivity contribution < 1.29 is 42.1 Å². The van der Waals surface area contributed by atoms with Crippen LogP contribution in [-0.2, 0) is 32.7 Å². The Morgan fingerprint density at radius 3 is 0.955 bits per heavy atom. The number of rotatable bonds is 68. The summed E-state index contributed by atoms with van der Waals surface area (Å²) in [6, 6.07) is 0. The van der Waals surface area contributed by atoms with E-state index in [2.05, 4.69) is 123 Å². The van der Waals surface area contributed by atoms with Crippen molar-refractivity contribution >= 4 is 19.8 Å². The van der Waals surface area contributed by atoms with E-state index in [1.165, 1.54) is 199 Å². The van der Waals surface area contributed by atoms with Gasteiger partial charge in [0.25, 0.3) is 0 Å². The van der Waals surface area contributed by atoms with Gasteiger partial charge in [0, 0.05) is 12.8 Å². The van der Waals surface area contributed by atoms with Gasteiger partial charge < -0.3 is 18.9 Å². The maximum Gasteiger partial charge on any atom is 0.472 e. The molecular weight excluding hydrogens is 1120 g/mol. The average molecular weight is 1260 g/mol. The largest absolute Gasteiger partial charge is 0.472 e. The van der Waals surface area contributed by atoms with E-state index in [1.807, 2.05) is 21.1 Å². The standard InChI is InChI=1S/C79H140NO8P/c1-6-8-10-12-14-16-18-20-22-24-26-28-30-32-33-34-35-36-37-38-39-40-41-42-43-44-45-46-47-48-50-52-54-56-58-60-62-64-66-68-70-72-79(82)88-77(76-87-89(83,84)86-74-73-80(3,4)5)75-85-78(81)71-69-67-65-63-61-59-57-55-53-51-49-31-29-27-25-23-21-19-17-15-13-11-9-7-2/h8,10,14,16,20,22,26,28,32-33,35-36,38-39,41-42,44-45,77H,6-7,9,11-13,15,17-19,21,23-25,27,29-31,34,37,40,43,46-76H2,1-5H3/p+1/b10-8-,16-14-,22-20-,28-26-,33-32-,36-35-,39-38-,42-41-,45-44-. The van der Waals surface area contributed by atoms with Gasteiger partial charge >= 0.3 is 19.8 Å². The van der Waals surface area contributed by atoms with Gasteiger partial charge in [-0.05, 0) is 83.5 Å².